The number of fused-ring (bicyclic) bond motifs is 5. The lowest BCUT2D eigenvalue weighted by molar-refractivity contribution is 0.586. The standard InChI is InChI=1S/C44H36N3OPSi/c1-44(2)35-22-14-15-23-37(35)49(48,32-20-12-7-13-21-32)38-28-40-34(27-36(38)44)33-25-24-31(26-39(33)50(40,3)4)43-46-41(29-16-8-5-9-17-29)45-42(47-43)30-18-10-6-11-19-30/h5-28H,1-4H3. The lowest BCUT2D eigenvalue weighted by Crippen LogP contribution is -2.51. The average molecular weight is 682 g/mol. The van der Waals surface area contributed by atoms with E-state index in [-0.39, 0.29) is 5.41 Å². The van der Waals surface area contributed by atoms with E-state index in [2.05, 4.69) is 75.5 Å². The summed E-state index contributed by atoms with van der Waals surface area (Å²) in [6.07, 6.45) is 0. The molecular formula is C44H36N3OPSi. The Morgan fingerprint density at radius 3 is 1.64 bits per heavy atom. The zero-order valence-electron chi connectivity index (χ0n) is 28.6. The van der Waals surface area contributed by atoms with E-state index < -0.39 is 15.2 Å². The summed E-state index contributed by atoms with van der Waals surface area (Å²) >= 11 is 0. The summed E-state index contributed by atoms with van der Waals surface area (Å²) in [6.45, 7) is 9.40. The van der Waals surface area contributed by atoms with Gasteiger partial charge in [-0.3, -0.25) is 0 Å². The maximum absolute atomic E-state index is 15.8. The maximum atomic E-state index is 15.8. The number of nitrogens with zero attached hydrogens (tertiary/aromatic N) is 3. The number of benzene rings is 6. The van der Waals surface area contributed by atoms with Crippen LogP contribution in [0.15, 0.2) is 146 Å². The Kier molecular flexibility index (Phi) is 6.87. The van der Waals surface area contributed by atoms with E-state index in [0.29, 0.717) is 17.5 Å². The van der Waals surface area contributed by atoms with Gasteiger partial charge < -0.3 is 4.57 Å². The Bertz CT molecular complexity index is 2460. The second-order valence-corrected chi connectivity index (χ2v) is 21.5. The summed E-state index contributed by atoms with van der Waals surface area (Å²) in [6, 6.07) is 50.1. The lowest BCUT2D eigenvalue weighted by Gasteiger charge is -2.40. The highest BCUT2D eigenvalue weighted by Crippen LogP contribution is 2.53. The first-order valence-corrected chi connectivity index (χ1v) is 21.9. The van der Waals surface area contributed by atoms with Gasteiger partial charge in [0, 0.05) is 38.0 Å². The van der Waals surface area contributed by atoms with Gasteiger partial charge in [0.1, 0.15) is 8.07 Å². The van der Waals surface area contributed by atoms with Gasteiger partial charge in [-0.25, -0.2) is 15.0 Å². The fraction of sp³-hybridized carbons (Fsp3) is 0.114. The molecule has 2 aliphatic rings. The van der Waals surface area contributed by atoms with Crippen LogP contribution in [0.2, 0.25) is 13.1 Å². The van der Waals surface area contributed by atoms with Crippen molar-refractivity contribution in [1.82, 2.24) is 15.0 Å². The van der Waals surface area contributed by atoms with Crippen molar-refractivity contribution in [2.45, 2.75) is 32.4 Å². The fourth-order valence-electron chi connectivity index (χ4n) is 8.08. The van der Waals surface area contributed by atoms with E-state index in [1.54, 1.807) is 0 Å². The highest BCUT2D eigenvalue weighted by atomic mass is 31.2. The molecule has 242 valence electrons. The molecule has 0 fully saturated rings. The van der Waals surface area contributed by atoms with Gasteiger partial charge in [0.15, 0.2) is 24.6 Å². The number of hydrogen-bond acceptors (Lipinski definition) is 4. The van der Waals surface area contributed by atoms with Crippen LogP contribution in [0.5, 0.6) is 0 Å². The summed E-state index contributed by atoms with van der Waals surface area (Å²) in [5.41, 5.74) is 7.38. The molecule has 3 heterocycles. The smallest absolute Gasteiger partial charge is 0.171 e. The van der Waals surface area contributed by atoms with Crippen molar-refractivity contribution in [3.8, 4) is 45.3 Å². The zero-order valence-corrected chi connectivity index (χ0v) is 30.4. The zero-order chi connectivity index (χ0) is 34.3. The molecule has 1 aromatic heterocycles. The Morgan fingerprint density at radius 2 is 1.02 bits per heavy atom. The predicted molar refractivity (Wildman–Crippen MR) is 210 cm³/mol. The molecule has 0 bridgehead atoms. The quantitative estimate of drug-likeness (QED) is 0.140. The highest BCUT2D eigenvalue weighted by Gasteiger charge is 2.48. The van der Waals surface area contributed by atoms with Gasteiger partial charge in [-0.15, -0.1) is 0 Å². The van der Waals surface area contributed by atoms with E-state index in [1.807, 2.05) is 97.1 Å². The lowest BCUT2D eigenvalue weighted by atomic mass is 9.77. The van der Waals surface area contributed by atoms with E-state index in [9.17, 15) is 0 Å². The molecule has 7 aromatic rings. The van der Waals surface area contributed by atoms with Gasteiger partial charge in [-0.1, -0.05) is 166 Å². The van der Waals surface area contributed by atoms with Crippen molar-refractivity contribution >= 4 is 41.5 Å². The van der Waals surface area contributed by atoms with Crippen molar-refractivity contribution in [1.29, 1.82) is 0 Å². The van der Waals surface area contributed by atoms with Gasteiger partial charge >= 0.3 is 0 Å². The largest absolute Gasteiger partial charge is 0.309 e. The average Bonchev–Trinajstić information content (AvgIpc) is 3.39. The molecule has 0 aliphatic carbocycles. The maximum Gasteiger partial charge on any atom is 0.171 e. The van der Waals surface area contributed by atoms with Crippen LogP contribution in [0.4, 0.5) is 0 Å². The van der Waals surface area contributed by atoms with Crippen LogP contribution in [-0.2, 0) is 9.98 Å². The summed E-state index contributed by atoms with van der Waals surface area (Å²) in [5, 5.41) is 5.51. The van der Waals surface area contributed by atoms with Crippen LogP contribution in [-0.4, -0.2) is 23.0 Å². The Hall–Kier alpha value is -5.22. The molecule has 0 spiro atoms. The summed E-state index contributed by atoms with van der Waals surface area (Å²) in [4.78, 5) is 15.0. The van der Waals surface area contributed by atoms with Gasteiger partial charge in [-0.05, 0) is 38.7 Å². The summed E-state index contributed by atoms with van der Waals surface area (Å²) < 4.78 is 15.8. The third-order valence-electron chi connectivity index (χ3n) is 10.8. The minimum Gasteiger partial charge on any atom is -0.309 e. The van der Waals surface area contributed by atoms with Gasteiger partial charge in [-0.2, -0.15) is 0 Å². The van der Waals surface area contributed by atoms with Gasteiger partial charge in [0.2, 0.25) is 0 Å². The molecule has 1 atom stereocenters. The minimum atomic E-state index is -3.14. The van der Waals surface area contributed by atoms with Crippen LogP contribution < -0.4 is 26.3 Å². The molecule has 2 aliphatic heterocycles. The Morgan fingerprint density at radius 1 is 0.500 bits per heavy atom. The third-order valence-corrected chi connectivity index (χ3v) is 17.5. The molecule has 50 heavy (non-hydrogen) atoms. The van der Waals surface area contributed by atoms with Crippen LogP contribution in [0.3, 0.4) is 0 Å². The molecule has 0 N–H and O–H groups in total. The van der Waals surface area contributed by atoms with E-state index >= 15 is 4.57 Å². The van der Waals surface area contributed by atoms with Crippen LogP contribution in [0.1, 0.15) is 25.0 Å². The summed E-state index contributed by atoms with van der Waals surface area (Å²) in [5.74, 6) is 1.97. The predicted octanol–water partition coefficient (Wildman–Crippen LogP) is 7.95. The first-order valence-electron chi connectivity index (χ1n) is 17.1. The van der Waals surface area contributed by atoms with Crippen molar-refractivity contribution in [3.63, 3.8) is 0 Å². The van der Waals surface area contributed by atoms with Crippen molar-refractivity contribution in [2.75, 3.05) is 0 Å². The molecular weight excluding hydrogens is 646 g/mol. The van der Waals surface area contributed by atoms with Gasteiger partial charge in [0.05, 0.1) is 0 Å². The summed E-state index contributed by atoms with van der Waals surface area (Å²) in [7, 11) is -5.40. The van der Waals surface area contributed by atoms with Crippen LogP contribution in [0.25, 0.3) is 45.3 Å². The number of hydrogen-bond donors (Lipinski definition) is 0. The Labute approximate surface area is 294 Å². The molecule has 0 saturated heterocycles. The third kappa shape index (κ3) is 4.50. The normalized spacial score (nSPS) is 17.7. The molecule has 0 amide bonds. The molecule has 4 nitrogen and oxygen atoms in total. The molecule has 6 heteroatoms. The van der Waals surface area contributed by atoms with Crippen molar-refractivity contribution in [3.05, 3.63) is 157 Å². The minimum absolute atomic E-state index is 0.315. The molecule has 6 aromatic carbocycles. The van der Waals surface area contributed by atoms with Crippen molar-refractivity contribution in [2.24, 2.45) is 0 Å². The topological polar surface area (TPSA) is 55.7 Å². The molecule has 0 saturated carbocycles. The second kappa shape index (κ2) is 11.1. The second-order valence-electron chi connectivity index (χ2n) is 14.4. The Balaban J connectivity index is 1.23. The monoisotopic (exact) mass is 681 g/mol. The van der Waals surface area contributed by atoms with Crippen molar-refractivity contribution < 1.29 is 4.57 Å². The van der Waals surface area contributed by atoms with E-state index in [4.69, 9.17) is 15.0 Å². The highest BCUT2D eigenvalue weighted by molar-refractivity contribution is 7.85. The molecule has 0 radical (unpaired) electrons. The van der Waals surface area contributed by atoms with Crippen LogP contribution in [0, 0.1) is 0 Å². The SMILES string of the molecule is CC1(C)c2ccccc2P(=O)(c2ccccc2)c2cc3c(cc21)-c1ccc(-c2nc(-c4ccccc4)nc(-c4ccccc4)n2)cc1[Si]3(C)C. The van der Waals surface area contributed by atoms with E-state index in [1.165, 1.54) is 21.5 Å². The number of aromatic nitrogens is 3. The number of rotatable bonds is 4. The first kappa shape index (κ1) is 30.8. The molecule has 1 unspecified atom stereocenters. The van der Waals surface area contributed by atoms with Gasteiger partial charge in [0.25, 0.3) is 0 Å². The first-order chi connectivity index (χ1) is 24.2. The van der Waals surface area contributed by atoms with Crippen LogP contribution >= 0.6 is 7.14 Å². The fourth-order valence-corrected chi connectivity index (χ4v) is 14.7. The van der Waals surface area contributed by atoms with E-state index in [0.717, 1.165) is 43.7 Å². The molecule has 9 rings (SSSR count).